The highest BCUT2D eigenvalue weighted by molar-refractivity contribution is 7.14. The Morgan fingerprint density at radius 1 is 1.00 bits per heavy atom. The van der Waals surface area contributed by atoms with Gasteiger partial charge in [-0.1, -0.05) is 0 Å². The van der Waals surface area contributed by atoms with E-state index < -0.39 is 0 Å². The lowest BCUT2D eigenvalue weighted by molar-refractivity contribution is -0.120. The highest BCUT2D eigenvalue weighted by Gasteiger charge is 2.30. The van der Waals surface area contributed by atoms with E-state index in [-0.39, 0.29) is 36.5 Å². The van der Waals surface area contributed by atoms with Crippen molar-refractivity contribution in [2.75, 3.05) is 17.7 Å². The smallest absolute Gasteiger partial charge is 0.232 e. The first-order chi connectivity index (χ1) is 12.0. The molecule has 2 aromatic rings. The molecule has 3 N–H and O–H groups in total. The average molecular weight is 379 g/mol. The molecule has 132 valence electrons. The van der Waals surface area contributed by atoms with Gasteiger partial charge in [-0.2, -0.15) is 0 Å². The number of anilines is 2. The van der Waals surface area contributed by atoms with Gasteiger partial charge in [-0.3, -0.25) is 14.4 Å². The fourth-order valence-electron chi connectivity index (χ4n) is 2.02. The summed E-state index contributed by atoms with van der Waals surface area (Å²) in [6, 6.07) is 0. The zero-order valence-corrected chi connectivity index (χ0v) is 15.1. The second-order valence-electron chi connectivity index (χ2n) is 5.63. The summed E-state index contributed by atoms with van der Waals surface area (Å²) in [5, 5.41) is 12.4. The molecule has 0 aromatic carbocycles. The molecule has 3 amide bonds. The molecule has 8 nitrogen and oxygen atoms in total. The molecule has 2 aromatic heterocycles. The van der Waals surface area contributed by atoms with Crippen LogP contribution in [0.3, 0.4) is 0 Å². The Bertz CT molecular complexity index is 797. The molecule has 25 heavy (non-hydrogen) atoms. The van der Waals surface area contributed by atoms with Crippen LogP contribution in [0.1, 0.15) is 24.2 Å². The zero-order chi connectivity index (χ0) is 17.8. The van der Waals surface area contributed by atoms with Gasteiger partial charge in [0.25, 0.3) is 0 Å². The maximum atomic E-state index is 12.1. The molecule has 1 saturated carbocycles. The van der Waals surface area contributed by atoms with Crippen molar-refractivity contribution in [1.82, 2.24) is 15.3 Å². The largest absolute Gasteiger partial charge is 0.359 e. The lowest BCUT2D eigenvalue weighted by Gasteiger charge is -2.00. The number of thiazole rings is 2. The van der Waals surface area contributed by atoms with Crippen LogP contribution < -0.4 is 16.0 Å². The molecule has 3 rings (SSSR count). The van der Waals surface area contributed by atoms with Crippen molar-refractivity contribution in [1.29, 1.82) is 0 Å². The highest BCUT2D eigenvalue weighted by Crippen LogP contribution is 2.30. The molecule has 1 aliphatic carbocycles. The Kier molecular flexibility index (Phi) is 5.39. The summed E-state index contributed by atoms with van der Waals surface area (Å²) in [7, 11) is 1.56. The van der Waals surface area contributed by atoms with E-state index in [1.165, 1.54) is 22.7 Å². The summed E-state index contributed by atoms with van der Waals surface area (Å²) in [6.45, 7) is 0. The van der Waals surface area contributed by atoms with Crippen LogP contribution in [0.2, 0.25) is 0 Å². The van der Waals surface area contributed by atoms with Gasteiger partial charge < -0.3 is 16.0 Å². The molecule has 0 bridgehead atoms. The Labute approximate surface area is 152 Å². The summed E-state index contributed by atoms with van der Waals surface area (Å²) in [6.07, 6.45) is 2.14. The number of carbonyl (C=O) groups excluding carboxylic acids is 3. The van der Waals surface area contributed by atoms with Crippen LogP contribution in [0.15, 0.2) is 10.8 Å². The molecule has 2 heterocycles. The third-order valence-corrected chi connectivity index (χ3v) is 5.10. The number of likely N-dealkylation sites (N-methyl/N-ethyl adjacent to an activating group) is 1. The molecule has 1 aliphatic rings. The van der Waals surface area contributed by atoms with Crippen molar-refractivity contribution in [3.05, 3.63) is 22.1 Å². The molecular formula is C15H17N5O3S2. The number of carbonyl (C=O) groups is 3. The van der Waals surface area contributed by atoms with Gasteiger partial charge in [-0.25, -0.2) is 9.97 Å². The Hall–Kier alpha value is -2.33. The quantitative estimate of drug-likeness (QED) is 0.673. The first kappa shape index (κ1) is 17.5. The van der Waals surface area contributed by atoms with Crippen LogP contribution in [-0.4, -0.2) is 34.7 Å². The second-order valence-corrected chi connectivity index (χ2v) is 7.34. The van der Waals surface area contributed by atoms with Gasteiger partial charge >= 0.3 is 0 Å². The third-order valence-electron chi connectivity index (χ3n) is 3.49. The number of hydrogen-bond donors (Lipinski definition) is 3. The molecule has 0 saturated heterocycles. The van der Waals surface area contributed by atoms with Crippen LogP contribution in [0, 0.1) is 5.92 Å². The Balaban J connectivity index is 1.49. The van der Waals surface area contributed by atoms with Crippen LogP contribution in [0.5, 0.6) is 0 Å². The SMILES string of the molecule is CNC(=O)Cc1csc(NC(=O)Cc2csc(NC(=O)C3CC3)n2)n1. The number of amides is 3. The van der Waals surface area contributed by atoms with Gasteiger partial charge in [0.2, 0.25) is 17.7 Å². The van der Waals surface area contributed by atoms with Crippen molar-refractivity contribution in [3.8, 4) is 0 Å². The average Bonchev–Trinajstić information content (AvgIpc) is 3.21. The monoisotopic (exact) mass is 379 g/mol. The van der Waals surface area contributed by atoms with Gasteiger partial charge in [0.05, 0.1) is 24.2 Å². The van der Waals surface area contributed by atoms with E-state index in [0.29, 0.717) is 21.7 Å². The molecule has 0 spiro atoms. The molecule has 0 unspecified atom stereocenters. The Morgan fingerprint density at radius 2 is 1.56 bits per heavy atom. The third kappa shape index (κ3) is 5.07. The minimum Gasteiger partial charge on any atom is -0.359 e. The van der Waals surface area contributed by atoms with E-state index in [1.54, 1.807) is 17.8 Å². The van der Waals surface area contributed by atoms with E-state index in [2.05, 4.69) is 25.9 Å². The summed E-state index contributed by atoms with van der Waals surface area (Å²) in [4.78, 5) is 43.5. The van der Waals surface area contributed by atoms with Gasteiger partial charge in [-0.15, -0.1) is 22.7 Å². The van der Waals surface area contributed by atoms with Crippen LogP contribution in [0.25, 0.3) is 0 Å². The molecular weight excluding hydrogens is 362 g/mol. The van der Waals surface area contributed by atoms with E-state index in [9.17, 15) is 14.4 Å². The van der Waals surface area contributed by atoms with Crippen LogP contribution >= 0.6 is 22.7 Å². The summed E-state index contributed by atoms with van der Waals surface area (Å²) in [5.41, 5.74) is 1.20. The lowest BCUT2D eigenvalue weighted by Crippen LogP contribution is -2.20. The highest BCUT2D eigenvalue weighted by atomic mass is 32.1. The normalized spacial score (nSPS) is 13.3. The fourth-order valence-corrected chi connectivity index (χ4v) is 3.46. The number of nitrogens with zero attached hydrogens (tertiary/aromatic N) is 2. The molecule has 1 fully saturated rings. The standard InChI is InChI=1S/C15H17N5O3S2/c1-16-11(21)4-9-6-24-14(17-9)19-12(22)5-10-7-25-15(18-10)20-13(23)8-2-3-8/h6-8H,2-5H2,1H3,(H,16,21)(H,17,19,22)(H,18,20,23). The van der Waals surface area contributed by atoms with Crippen LogP contribution in [0.4, 0.5) is 10.3 Å². The van der Waals surface area contributed by atoms with Crippen LogP contribution in [-0.2, 0) is 27.2 Å². The number of rotatable bonds is 7. The molecule has 10 heteroatoms. The first-order valence-corrected chi connectivity index (χ1v) is 9.49. The van der Waals surface area contributed by atoms with E-state index in [1.807, 2.05) is 0 Å². The number of hydrogen-bond acceptors (Lipinski definition) is 7. The zero-order valence-electron chi connectivity index (χ0n) is 13.5. The van der Waals surface area contributed by atoms with E-state index in [4.69, 9.17) is 0 Å². The summed E-state index contributed by atoms with van der Waals surface area (Å²) >= 11 is 2.57. The maximum Gasteiger partial charge on any atom is 0.232 e. The predicted molar refractivity (Wildman–Crippen MR) is 95.7 cm³/mol. The van der Waals surface area contributed by atoms with E-state index in [0.717, 1.165) is 12.8 Å². The minimum atomic E-state index is -0.244. The predicted octanol–water partition coefficient (Wildman–Crippen LogP) is 1.42. The van der Waals surface area contributed by atoms with Gasteiger partial charge in [0, 0.05) is 23.7 Å². The minimum absolute atomic E-state index is 0.00298. The summed E-state index contributed by atoms with van der Waals surface area (Å²) < 4.78 is 0. The molecule has 0 aliphatic heterocycles. The van der Waals surface area contributed by atoms with Gasteiger partial charge in [0.1, 0.15) is 0 Å². The van der Waals surface area contributed by atoms with Crippen molar-refractivity contribution < 1.29 is 14.4 Å². The second kappa shape index (κ2) is 7.70. The van der Waals surface area contributed by atoms with Crippen molar-refractivity contribution >= 4 is 50.7 Å². The van der Waals surface area contributed by atoms with Crippen molar-refractivity contribution in [3.63, 3.8) is 0 Å². The van der Waals surface area contributed by atoms with Gasteiger partial charge in [-0.05, 0) is 12.8 Å². The first-order valence-electron chi connectivity index (χ1n) is 7.73. The molecule has 0 radical (unpaired) electrons. The maximum absolute atomic E-state index is 12.1. The number of nitrogens with one attached hydrogen (secondary N) is 3. The summed E-state index contributed by atoms with van der Waals surface area (Å²) in [5.74, 6) is -0.265. The van der Waals surface area contributed by atoms with Gasteiger partial charge in [0.15, 0.2) is 10.3 Å². The number of aromatic nitrogens is 2. The Morgan fingerprint density at radius 3 is 2.12 bits per heavy atom. The molecule has 0 atom stereocenters. The lowest BCUT2D eigenvalue weighted by atomic mass is 10.3. The van der Waals surface area contributed by atoms with Crippen molar-refractivity contribution in [2.45, 2.75) is 25.7 Å². The topological polar surface area (TPSA) is 113 Å². The van der Waals surface area contributed by atoms with Crippen molar-refractivity contribution in [2.24, 2.45) is 5.92 Å². The fraction of sp³-hybridized carbons (Fsp3) is 0.400. The van der Waals surface area contributed by atoms with E-state index >= 15 is 0 Å².